The summed E-state index contributed by atoms with van der Waals surface area (Å²) in [5.41, 5.74) is 0.374. The van der Waals surface area contributed by atoms with Crippen molar-refractivity contribution in [1.82, 2.24) is 9.97 Å². The van der Waals surface area contributed by atoms with Crippen LogP contribution in [0.4, 0.5) is 4.39 Å². The SMILES string of the molecule is C[C@H](OC(=O)c1ccccc1F)c1nc2scc(-c3cccs3)c2c(=O)[nH]1. The number of benzene rings is 1. The normalized spacial score (nSPS) is 12.2. The molecule has 0 amide bonds. The lowest BCUT2D eigenvalue weighted by molar-refractivity contribution is 0.0315. The Hall–Kier alpha value is -2.84. The number of aromatic amines is 1. The average molecular weight is 400 g/mol. The Morgan fingerprint density at radius 3 is 2.78 bits per heavy atom. The predicted octanol–water partition coefficient (Wildman–Crippen LogP) is 4.77. The van der Waals surface area contributed by atoms with E-state index in [-0.39, 0.29) is 16.9 Å². The highest BCUT2D eigenvalue weighted by atomic mass is 32.1. The van der Waals surface area contributed by atoms with E-state index in [4.69, 9.17) is 4.74 Å². The smallest absolute Gasteiger partial charge is 0.341 e. The summed E-state index contributed by atoms with van der Waals surface area (Å²) in [7, 11) is 0. The summed E-state index contributed by atoms with van der Waals surface area (Å²) in [5, 5.41) is 4.34. The Morgan fingerprint density at radius 1 is 1.22 bits per heavy atom. The van der Waals surface area contributed by atoms with Crippen molar-refractivity contribution in [3.05, 3.63) is 74.7 Å². The van der Waals surface area contributed by atoms with Crippen molar-refractivity contribution < 1.29 is 13.9 Å². The van der Waals surface area contributed by atoms with E-state index in [9.17, 15) is 14.0 Å². The van der Waals surface area contributed by atoms with E-state index in [2.05, 4.69) is 9.97 Å². The van der Waals surface area contributed by atoms with Crippen LogP contribution in [-0.4, -0.2) is 15.9 Å². The molecule has 0 aliphatic carbocycles. The fourth-order valence-electron chi connectivity index (χ4n) is 2.68. The lowest BCUT2D eigenvalue weighted by atomic mass is 10.2. The van der Waals surface area contributed by atoms with Crippen LogP contribution < -0.4 is 5.56 Å². The molecule has 3 heterocycles. The summed E-state index contributed by atoms with van der Waals surface area (Å²) in [5.74, 6) is -1.25. The standard InChI is InChI=1S/C19H13FN2O3S2/c1-10(25-19(24)11-5-2-3-6-13(11)20)16-21-17(23)15-12(9-27-18(15)22-16)14-7-4-8-26-14/h2-10H,1H3,(H,21,22,23)/t10-/m0/s1. The van der Waals surface area contributed by atoms with Crippen LogP contribution in [0.25, 0.3) is 20.7 Å². The van der Waals surface area contributed by atoms with E-state index >= 15 is 0 Å². The van der Waals surface area contributed by atoms with E-state index < -0.39 is 17.9 Å². The molecule has 5 nitrogen and oxygen atoms in total. The second kappa shape index (κ2) is 7.05. The molecule has 0 fully saturated rings. The topological polar surface area (TPSA) is 72.0 Å². The Bertz CT molecular complexity index is 1180. The van der Waals surface area contributed by atoms with Crippen molar-refractivity contribution in [3.63, 3.8) is 0 Å². The van der Waals surface area contributed by atoms with Crippen LogP contribution in [0.2, 0.25) is 0 Å². The maximum Gasteiger partial charge on any atom is 0.341 e. The molecular formula is C19H13FN2O3S2. The van der Waals surface area contributed by atoms with Crippen LogP contribution in [0.15, 0.2) is 52.0 Å². The number of hydrogen-bond acceptors (Lipinski definition) is 6. The number of hydrogen-bond donors (Lipinski definition) is 1. The molecule has 0 saturated carbocycles. The Kier molecular flexibility index (Phi) is 4.59. The van der Waals surface area contributed by atoms with E-state index in [0.717, 1.165) is 10.4 Å². The number of esters is 1. The van der Waals surface area contributed by atoms with Crippen molar-refractivity contribution >= 4 is 38.9 Å². The number of aromatic nitrogens is 2. The van der Waals surface area contributed by atoms with Crippen LogP contribution in [0.5, 0.6) is 0 Å². The Morgan fingerprint density at radius 2 is 2.04 bits per heavy atom. The van der Waals surface area contributed by atoms with Gasteiger partial charge in [-0.25, -0.2) is 14.2 Å². The predicted molar refractivity (Wildman–Crippen MR) is 104 cm³/mol. The first kappa shape index (κ1) is 17.6. The molecule has 8 heteroatoms. The number of halogens is 1. The zero-order chi connectivity index (χ0) is 19.0. The van der Waals surface area contributed by atoms with Gasteiger partial charge in [0.05, 0.1) is 10.9 Å². The zero-order valence-corrected chi connectivity index (χ0v) is 15.7. The number of carbonyl (C=O) groups is 1. The molecular weight excluding hydrogens is 387 g/mol. The molecule has 1 atom stereocenters. The van der Waals surface area contributed by atoms with Gasteiger partial charge in [-0.1, -0.05) is 18.2 Å². The molecule has 27 heavy (non-hydrogen) atoms. The minimum Gasteiger partial charge on any atom is -0.451 e. The summed E-state index contributed by atoms with van der Waals surface area (Å²) < 4.78 is 19.0. The zero-order valence-electron chi connectivity index (χ0n) is 14.1. The van der Waals surface area contributed by atoms with Crippen molar-refractivity contribution in [2.45, 2.75) is 13.0 Å². The summed E-state index contributed by atoms with van der Waals surface area (Å²) in [4.78, 5) is 33.4. The highest BCUT2D eigenvalue weighted by Crippen LogP contribution is 2.33. The first-order chi connectivity index (χ1) is 13.0. The molecule has 4 rings (SSSR count). The van der Waals surface area contributed by atoms with Gasteiger partial charge in [-0.2, -0.15) is 0 Å². The molecule has 0 unspecified atom stereocenters. The number of ether oxygens (including phenoxy) is 1. The maximum atomic E-state index is 13.7. The lowest BCUT2D eigenvalue weighted by Crippen LogP contribution is -2.17. The van der Waals surface area contributed by atoms with Crippen LogP contribution in [-0.2, 0) is 4.74 Å². The van der Waals surface area contributed by atoms with Crippen molar-refractivity contribution in [1.29, 1.82) is 0 Å². The molecule has 0 radical (unpaired) electrons. The first-order valence-corrected chi connectivity index (χ1v) is 9.81. The van der Waals surface area contributed by atoms with Crippen LogP contribution in [0.1, 0.15) is 29.2 Å². The van der Waals surface area contributed by atoms with Gasteiger partial charge in [0.25, 0.3) is 5.56 Å². The molecule has 3 aromatic heterocycles. The fourth-order valence-corrected chi connectivity index (χ4v) is 4.45. The number of nitrogens with zero attached hydrogens (tertiary/aromatic N) is 1. The van der Waals surface area contributed by atoms with E-state index in [1.807, 2.05) is 22.9 Å². The summed E-state index contributed by atoms with van der Waals surface area (Å²) in [6, 6.07) is 9.43. The third kappa shape index (κ3) is 3.29. The number of fused-ring (bicyclic) bond motifs is 1. The molecule has 0 saturated heterocycles. The monoisotopic (exact) mass is 400 g/mol. The molecule has 0 aliphatic heterocycles. The van der Waals surface area contributed by atoms with Crippen molar-refractivity contribution in [3.8, 4) is 10.4 Å². The molecule has 4 aromatic rings. The van der Waals surface area contributed by atoms with Gasteiger partial charge in [0, 0.05) is 15.8 Å². The first-order valence-electron chi connectivity index (χ1n) is 8.05. The highest BCUT2D eigenvalue weighted by Gasteiger charge is 2.20. The second-order valence-electron chi connectivity index (χ2n) is 5.79. The minimum absolute atomic E-state index is 0.163. The van der Waals surface area contributed by atoms with Gasteiger partial charge in [-0.3, -0.25) is 4.79 Å². The maximum absolute atomic E-state index is 13.7. The van der Waals surface area contributed by atoms with Crippen molar-refractivity contribution in [2.24, 2.45) is 0 Å². The Labute approximate surface area is 161 Å². The third-order valence-electron chi connectivity index (χ3n) is 4.01. The molecule has 1 N–H and O–H groups in total. The van der Waals surface area contributed by atoms with Crippen LogP contribution >= 0.6 is 22.7 Å². The number of H-pyrrole nitrogens is 1. The summed E-state index contributed by atoms with van der Waals surface area (Å²) in [6.45, 7) is 1.58. The van der Waals surface area contributed by atoms with E-state index in [1.54, 1.807) is 24.3 Å². The lowest BCUT2D eigenvalue weighted by Gasteiger charge is -2.13. The van der Waals surface area contributed by atoms with Gasteiger partial charge in [0.1, 0.15) is 10.6 Å². The van der Waals surface area contributed by atoms with Gasteiger partial charge < -0.3 is 9.72 Å². The number of thiophene rings is 2. The molecule has 0 spiro atoms. The molecule has 0 bridgehead atoms. The van der Waals surface area contributed by atoms with Crippen LogP contribution in [0, 0.1) is 5.82 Å². The number of rotatable bonds is 4. The summed E-state index contributed by atoms with van der Waals surface area (Å²) >= 11 is 2.89. The van der Waals surface area contributed by atoms with E-state index in [1.165, 1.54) is 29.5 Å². The van der Waals surface area contributed by atoms with Gasteiger partial charge in [-0.15, -0.1) is 22.7 Å². The summed E-state index contributed by atoms with van der Waals surface area (Å²) in [6.07, 6.45) is -0.832. The largest absolute Gasteiger partial charge is 0.451 e. The van der Waals surface area contributed by atoms with E-state index in [0.29, 0.717) is 10.2 Å². The van der Waals surface area contributed by atoms with Gasteiger partial charge in [0.2, 0.25) is 0 Å². The molecule has 0 aliphatic rings. The minimum atomic E-state index is -0.832. The molecule has 1 aromatic carbocycles. The number of nitrogens with one attached hydrogen (secondary N) is 1. The fraction of sp³-hybridized carbons (Fsp3) is 0.105. The molecule has 136 valence electrons. The highest BCUT2D eigenvalue weighted by molar-refractivity contribution is 7.18. The third-order valence-corrected chi connectivity index (χ3v) is 5.79. The van der Waals surface area contributed by atoms with Gasteiger partial charge in [-0.05, 0) is 30.5 Å². The quantitative estimate of drug-likeness (QED) is 0.501. The average Bonchev–Trinajstić information content (AvgIpc) is 3.31. The van der Waals surface area contributed by atoms with Gasteiger partial charge >= 0.3 is 5.97 Å². The second-order valence-corrected chi connectivity index (χ2v) is 7.59. The van der Waals surface area contributed by atoms with Gasteiger partial charge in [0.15, 0.2) is 11.9 Å². The Balaban J connectivity index is 1.65. The number of carbonyl (C=O) groups excluding carboxylic acids is 1. The van der Waals surface area contributed by atoms with Crippen molar-refractivity contribution in [2.75, 3.05) is 0 Å². The van der Waals surface area contributed by atoms with Crippen LogP contribution in [0.3, 0.4) is 0 Å².